The minimum Gasteiger partial charge on any atom is -0.497 e. The zero-order valence-electron chi connectivity index (χ0n) is 14.3. The Bertz CT molecular complexity index is 804. The number of rotatable bonds is 8. The van der Waals surface area contributed by atoms with Gasteiger partial charge in [-0.25, -0.2) is 0 Å². The number of hydrogen-bond acceptors (Lipinski definition) is 6. The third kappa shape index (κ3) is 4.79. The quantitative estimate of drug-likeness (QED) is 0.441. The van der Waals surface area contributed by atoms with Crippen molar-refractivity contribution < 1.29 is 24.0 Å². The van der Waals surface area contributed by atoms with Gasteiger partial charge in [0.25, 0.3) is 11.6 Å². The monoisotopic (exact) mass is 358 g/mol. The van der Waals surface area contributed by atoms with Crippen molar-refractivity contribution in [2.45, 2.75) is 19.6 Å². The molecule has 0 aliphatic carbocycles. The molecule has 8 nitrogen and oxygen atoms in total. The Hall–Kier alpha value is -3.42. The molecule has 26 heavy (non-hydrogen) atoms. The Kier molecular flexibility index (Phi) is 6.26. The number of nitro groups is 1. The fourth-order valence-corrected chi connectivity index (χ4v) is 2.17. The molecule has 0 aliphatic rings. The van der Waals surface area contributed by atoms with Crippen LogP contribution >= 0.6 is 0 Å². The number of ether oxygens (including phenoxy) is 2. The lowest BCUT2D eigenvalue weighted by Crippen LogP contribution is -2.36. The van der Waals surface area contributed by atoms with Gasteiger partial charge in [-0.15, -0.1) is 0 Å². The molecule has 0 spiro atoms. The molecule has 2 aromatic carbocycles. The number of nitrogens with one attached hydrogen (secondary N) is 1. The van der Waals surface area contributed by atoms with Crippen LogP contribution in [0.25, 0.3) is 0 Å². The minimum absolute atomic E-state index is 0.00834. The van der Waals surface area contributed by atoms with E-state index in [0.29, 0.717) is 12.8 Å². The number of methoxy groups -OCH3 is 1. The summed E-state index contributed by atoms with van der Waals surface area (Å²) in [6.07, 6.45) is -0.432. The molecule has 0 saturated carbocycles. The predicted octanol–water partition coefficient (Wildman–Crippen LogP) is 2.50. The van der Waals surface area contributed by atoms with Gasteiger partial charge in [-0.1, -0.05) is 12.1 Å². The largest absolute Gasteiger partial charge is 0.497 e. The van der Waals surface area contributed by atoms with E-state index in [2.05, 4.69) is 5.32 Å². The van der Waals surface area contributed by atoms with Gasteiger partial charge in [0.2, 0.25) is 0 Å². The van der Waals surface area contributed by atoms with Crippen LogP contribution in [0.5, 0.6) is 11.5 Å². The zero-order chi connectivity index (χ0) is 19.1. The number of nitrogens with zero attached hydrogens (tertiary/aromatic N) is 1. The summed E-state index contributed by atoms with van der Waals surface area (Å²) in [5, 5.41) is 13.5. The molecule has 1 N–H and O–H groups in total. The summed E-state index contributed by atoms with van der Waals surface area (Å²) in [5.74, 6) is 0.449. The van der Waals surface area contributed by atoms with Gasteiger partial charge in [-0.05, 0) is 30.7 Å². The molecule has 0 aliphatic heterocycles. The molecule has 0 radical (unpaired) electrons. The fourth-order valence-electron chi connectivity index (χ4n) is 2.17. The number of nitro benzene ring substituents is 1. The Morgan fingerprint density at radius 1 is 1.27 bits per heavy atom. The van der Waals surface area contributed by atoms with E-state index in [1.165, 1.54) is 19.1 Å². The third-order valence-electron chi connectivity index (χ3n) is 3.63. The number of amides is 1. The van der Waals surface area contributed by atoms with E-state index in [1.54, 1.807) is 19.2 Å². The molecule has 0 unspecified atom stereocenters. The number of aldehydes is 1. The van der Waals surface area contributed by atoms with Crippen LogP contribution in [0, 0.1) is 10.1 Å². The molecule has 0 saturated heterocycles. The highest BCUT2D eigenvalue weighted by Crippen LogP contribution is 2.23. The Morgan fingerprint density at radius 3 is 2.54 bits per heavy atom. The molecule has 8 heteroatoms. The molecule has 2 aromatic rings. The Morgan fingerprint density at radius 2 is 1.96 bits per heavy atom. The van der Waals surface area contributed by atoms with Gasteiger partial charge >= 0.3 is 0 Å². The predicted molar refractivity (Wildman–Crippen MR) is 93.4 cm³/mol. The first-order valence-corrected chi connectivity index (χ1v) is 7.75. The van der Waals surface area contributed by atoms with Crippen molar-refractivity contribution in [2.75, 3.05) is 7.11 Å². The maximum absolute atomic E-state index is 12.2. The zero-order valence-corrected chi connectivity index (χ0v) is 14.3. The van der Waals surface area contributed by atoms with Gasteiger partial charge in [-0.3, -0.25) is 19.7 Å². The molecule has 0 heterocycles. The van der Waals surface area contributed by atoms with Gasteiger partial charge in [0.05, 0.1) is 17.6 Å². The maximum Gasteiger partial charge on any atom is 0.270 e. The van der Waals surface area contributed by atoms with Crippen LogP contribution in [0.4, 0.5) is 5.69 Å². The van der Waals surface area contributed by atoms with Crippen molar-refractivity contribution in [1.29, 1.82) is 0 Å². The number of non-ortho nitro benzene ring substituents is 1. The second kappa shape index (κ2) is 8.61. The summed E-state index contributed by atoms with van der Waals surface area (Å²) in [5.41, 5.74) is 0.667. The summed E-state index contributed by atoms with van der Waals surface area (Å²) in [7, 11) is 1.57. The second-order valence-corrected chi connectivity index (χ2v) is 5.42. The molecular formula is C18H18N2O6. The summed E-state index contributed by atoms with van der Waals surface area (Å²) >= 11 is 0. The molecule has 0 aromatic heterocycles. The molecule has 2 rings (SSSR count). The average Bonchev–Trinajstić information content (AvgIpc) is 2.66. The van der Waals surface area contributed by atoms with E-state index in [9.17, 15) is 19.7 Å². The van der Waals surface area contributed by atoms with Crippen LogP contribution in [-0.4, -0.2) is 30.3 Å². The number of carbonyl (C=O) groups is 2. The number of benzene rings is 2. The molecule has 1 atom stereocenters. The lowest BCUT2D eigenvalue weighted by Gasteiger charge is -2.16. The van der Waals surface area contributed by atoms with Crippen LogP contribution in [0.15, 0.2) is 42.5 Å². The molecule has 0 bridgehead atoms. The summed E-state index contributed by atoms with van der Waals surface area (Å²) in [6, 6.07) is 10.8. The first-order chi connectivity index (χ1) is 12.4. The first kappa shape index (κ1) is 18.9. The van der Waals surface area contributed by atoms with Gasteiger partial charge in [-0.2, -0.15) is 0 Å². The second-order valence-electron chi connectivity index (χ2n) is 5.42. The minimum atomic E-state index is -0.881. The normalized spacial score (nSPS) is 11.3. The van der Waals surface area contributed by atoms with Crippen molar-refractivity contribution in [3.8, 4) is 11.5 Å². The standard InChI is InChI=1S/C18H18N2O6/c1-12(18(22)19-10-13-3-6-16(25-2)7-4-13)26-17-8-5-15(20(23)24)9-14(17)11-21/h3-9,11-12H,10H2,1-2H3,(H,19,22)/t12-/m1/s1. The van der Waals surface area contributed by atoms with E-state index in [1.807, 2.05) is 12.1 Å². The van der Waals surface area contributed by atoms with Crippen molar-refractivity contribution in [1.82, 2.24) is 5.32 Å². The maximum atomic E-state index is 12.2. The van der Waals surface area contributed by atoms with E-state index in [4.69, 9.17) is 9.47 Å². The topological polar surface area (TPSA) is 108 Å². The van der Waals surface area contributed by atoms with Crippen LogP contribution in [0.3, 0.4) is 0 Å². The van der Waals surface area contributed by atoms with Gasteiger partial charge in [0.15, 0.2) is 12.4 Å². The smallest absolute Gasteiger partial charge is 0.270 e. The van der Waals surface area contributed by atoms with Crippen molar-refractivity contribution in [3.05, 3.63) is 63.7 Å². The van der Waals surface area contributed by atoms with Gasteiger partial charge < -0.3 is 14.8 Å². The van der Waals surface area contributed by atoms with Crippen LogP contribution in [-0.2, 0) is 11.3 Å². The summed E-state index contributed by atoms with van der Waals surface area (Å²) < 4.78 is 10.5. The lowest BCUT2D eigenvalue weighted by atomic mass is 10.2. The first-order valence-electron chi connectivity index (χ1n) is 7.75. The molecule has 1 amide bonds. The Balaban J connectivity index is 1.97. The van der Waals surface area contributed by atoms with E-state index in [-0.39, 0.29) is 22.9 Å². The molecule has 0 fully saturated rings. The third-order valence-corrected chi connectivity index (χ3v) is 3.63. The van der Waals surface area contributed by atoms with Crippen molar-refractivity contribution >= 4 is 17.9 Å². The van der Waals surface area contributed by atoms with E-state index < -0.39 is 11.0 Å². The summed E-state index contributed by atoms with van der Waals surface area (Å²) in [6.45, 7) is 1.83. The van der Waals surface area contributed by atoms with E-state index >= 15 is 0 Å². The van der Waals surface area contributed by atoms with Crippen molar-refractivity contribution in [2.24, 2.45) is 0 Å². The molecule has 136 valence electrons. The van der Waals surface area contributed by atoms with Crippen LogP contribution < -0.4 is 14.8 Å². The highest BCUT2D eigenvalue weighted by molar-refractivity contribution is 5.83. The highest BCUT2D eigenvalue weighted by Gasteiger charge is 2.18. The van der Waals surface area contributed by atoms with Crippen LogP contribution in [0.2, 0.25) is 0 Å². The fraction of sp³-hybridized carbons (Fsp3) is 0.222. The Labute approximate surface area is 149 Å². The summed E-state index contributed by atoms with van der Waals surface area (Å²) in [4.78, 5) is 33.4. The van der Waals surface area contributed by atoms with Crippen LogP contribution in [0.1, 0.15) is 22.8 Å². The van der Waals surface area contributed by atoms with Crippen molar-refractivity contribution in [3.63, 3.8) is 0 Å². The van der Waals surface area contributed by atoms with Gasteiger partial charge in [0.1, 0.15) is 11.5 Å². The number of carbonyl (C=O) groups excluding carboxylic acids is 2. The molecular weight excluding hydrogens is 340 g/mol. The number of hydrogen-bond donors (Lipinski definition) is 1. The average molecular weight is 358 g/mol. The van der Waals surface area contributed by atoms with E-state index in [0.717, 1.165) is 17.4 Å². The highest BCUT2D eigenvalue weighted by atomic mass is 16.6. The lowest BCUT2D eigenvalue weighted by molar-refractivity contribution is -0.384. The SMILES string of the molecule is COc1ccc(CNC(=O)[C@@H](C)Oc2ccc([N+](=O)[O-])cc2C=O)cc1. The van der Waals surface area contributed by atoms with Gasteiger partial charge in [0, 0.05) is 18.7 Å².